The summed E-state index contributed by atoms with van der Waals surface area (Å²) in [6.45, 7) is 4.29. The molecule has 0 unspecified atom stereocenters. The maximum Gasteiger partial charge on any atom is 0.214 e. The first kappa shape index (κ1) is 14.6. The Hall–Kier alpha value is -0.430. The Labute approximate surface area is 103 Å². The van der Waals surface area contributed by atoms with Gasteiger partial charge in [-0.3, -0.25) is 0 Å². The highest BCUT2D eigenvalue weighted by atomic mass is 32.2. The fraction of sp³-hybridized carbons (Fsp3) is 0.818. The molecule has 6 heteroatoms. The second-order valence-corrected chi connectivity index (χ2v) is 6.08. The quantitative estimate of drug-likeness (QED) is 0.689. The van der Waals surface area contributed by atoms with Gasteiger partial charge in [0.25, 0.3) is 0 Å². The number of hydrogen-bond donors (Lipinski definition) is 1. The maximum atomic E-state index is 11.6. The molecular formula is C11H21NO4S. The molecule has 0 spiro atoms. The topological polar surface area (TPSA) is 78.6 Å². The lowest BCUT2D eigenvalue weighted by Gasteiger charge is -2.25. The van der Waals surface area contributed by atoms with Crippen molar-refractivity contribution in [3.8, 4) is 0 Å². The van der Waals surface area contributed by atoms with Crippen molar-refractivity contribution >= 4 is 10.0 Å². The standard InChI is InChI=1S/C11H21NO4S/c1-3-5-10(15-2)11(17(12,13)14)8-9-6-4-7-16-9/h3,9-11H,1,4-8H2,2H3,(H2,12,13,14)/t9-,10-,11+/m1/s1. The molecule has 0 bridgehead atoms. The van der Waals surface area contributed by atoms with E-state index >= 15 is 0 Å². The maximum absolute atomic E-state index is 11.6. The highest BCUT2D eigenvalue weighted by Crippen LogP contribution is 2.23. The number of primary sulfonamides is 1. The summed E-state index contributed by atoms with van der Waals surface area (Å²) in [4.78, 5) is 0. The molecule has 1 aliphatic rings. The van der Waals surface area contributed by atoms with E-state index in [4.69, 9.17) is 14.6 Å². The second kappa shape index (κ2) is 6.49. The largest absolute Gasteiger partial charge is 0.380 e. The molecule has 0 radical (unpaired) electrons. The van der Waals surface area contributed by atoms with E-state index < -0.39 is 21.4 Å². The minimum atomic E-state index is -3.64. The number of ether oxygens (including phenoxy) is 2. The molecule has 0 saturated carbocycles. The number of sulfonamides is 1. The van der Waals surface area contributed by atoms with Crippen molar-refractivity contribution in [3.05, 3.63) is 12.7 Å². The molecule has 3 atom stereocenters. The Kier molecular flexibility index (Phi) is 5.58. The van der Waals surface area contributed by atoms with Gasteiger partial charge in [-0.1, -0.05) is 6.08 Å². The van der Waals surface area contributed by atoms with E-state index in [0.717, 1.165) is 12.8 Å². The number of nitrogens with two attached hydrogens (primary N) is 1. The summed E-state index contributed by atoms with van der Waals surface area (Å²) in [7, 11) is -2.15. The third-order valence-electron chi connectivity index (χ3n) is 3.06. The van der Waals surface area contributed by atoms with Crippen molar-refractivity contribution in [2.24, 2.45) is 5.14 Å². The third kappa shape index (κ3) is 4.39. The van der Waals surface area contributed by atoms with Gasteiger partial charge in [0, 0.05) is 13.7 Å². The van der Waals surface area contributed by atoms with E-state index in [1.54, 1.807) is 6.08 Å². The van der Waals surface area contributed by atoms with Crippen molar-refractivity contribution in [2.75, 3.05) is 13.7 Å². The van der Waals surface area contributed by atoms with Crippen LogP contribution in [0, 0.1) is 0 Å². The van der Waals surface area contributed by atoms with Gasteiger partial charge in [-0.05, 0) is 25.7 Å². The van der Waals surface area contributed by atoms with Crippen molar-refractivity contribution in [1.82, 2.24) is 0 Å². The molecule has 0 aliphatic carbocycles. The molecule has 1 aliphatic heterocycles. The summed E-state index contributed by atoms with van der Waals surface area (Å²) >= 11 is 0. The van der Waals surface area contributed by atoms with Gasteiger partial charge in [-0.2, -0.15) is 0 Å². The summed E-state index contributed by atoms with van der Waals surface area (Å²) < 4.78 is 33.9. The summed E-state index contributed by atoms with van der Waals surface area (Å²) in [5, 5.41) is 4.54. The zero-order valence-corrected chi connectivity index (χ0v) is 11.0. The summed E-state index contributed by atoms with van der Waals surface area (Å²) in [5.74, 6) is 0. The normalized spacial score (nSPS) is 24.5. The molecule has 2 N–H and O–H groups in total. The first-order valence-corrected chi connectivity index (χ1v) is 7.37. The Morgan fingerprint density at radius 2 is 2.35 bits per heavy atom. The first-order valence-electron chi connectivity index (χ1n) is 5.76. The van der Waals surface area contributed by atoms with E-state index in [0.29, 0.717) is 19.4 Å². The van der Waals surface area contributed by atoms with E-state index in [1.165, 1.54) is 7.11 Å². The lowest BCUT2D eigenvalue weighted by atomic mass is 10.0. The van der Waals surface area contributed by atoms with Gasteiger partial charge in [0.1, 0.15) is 5.25 Å². The van der Waals surface area contributed by atoms with Crippen molar-refractivity contribution in [3.63, 3.8) is 0 Å². The van der Waals surface area contributed by atoms with Crippen LogP contribution in [0.4, 0.5) is 0 Å². The van der Waals surface area contributed by atoms with Crippen LogP contribution >= 0.6 is 0 Å². The SMILES string of the molecule is C=CC[C@@H](OC)[C@H](C[C@H]1CCCO1)S(N)(=O)=O. The Morgan fingerprint density at radius 1 is 1.65 bits per heavy atom. The van der Waals surface area contributed by atoms with Crippen LogP contribution < -0.4 is 5.14 Å². The summed E-state index contributed by atoms with van der Waals surface area (Å²) in [5.41, 5.74) is 0. The minimum absolute atomic E-state index is 0.0270. The van der Waals surface area contributed by atoms with Crippen LogP contribution in [0.1, 0.15) is 25.7 Å². The Morgan fingerprint density at radius 3 is 2.76 bits per heavy atom. The van der Waals surface area contributed by atoms with Gasteiger partial charge >= 0.3 is 0 Å². The molecule has 1 heterocycles. The van der Waals surface area contributed by atoms with Crippen LogP contribution in [0.5, 0.6) is 0 Å². The summed E-state index contributed by atoms with van der Waals surface area (Å²) in [6, 6.07) is 0. The van der Waals surface area contributed by atoms with Gasteiger partial charge in [-0.25, -0.2) is 13.6 Å². The molecule has 5 nitrogen and oxygen atoms in total. The van der Waals surface area contributed by atoms with Crippen molar-refractivity contribution in [2.45, 2.75) is 43.1 Å². The number of rotatable bonds is 7. The van der Waals surface area contributed by atoms with Gasteiger partial charge in [0.2, 0.25) is 10.0 Å². The molecule has 0 aromatic heterocycles. The van der Waals surface area contributed by atoms with Crippen LogP contribution in [-0.2, 0) is 19.5 Å². The van der Waals surface area contributed by atoms with Crippen LogP contribution in [0.3, 0.4) is 0 Å². The summed E-state index contributed by atoms with van der Waals surface area (Å²) in [6.07, 6.45) is 3.88. The van der Waals surface area contributed by atoms with E-state index in [-0.39, 0.29) is 6.10 Å². The molecule has 1 fully saturated rings. The lowest BCUT2D eigenvalue weighted by Crippen LogP contribution is -2.41. The molecule has 1 rings (SSSR count). The Bertz CT molecular complexity index is 335. The molecule has 17 heavy (non-hydrogen) atoms. The highest BCUT2D eigenvalue weighted by molar-refractivity contribution is 7.89. The lowest BCUT2D eigenvalue weighted by molar-refractivity contribution is 0.0632. The molecule has 0 aromatic rings. The predicted octanol–water partition coefficient (Wildman–Crippen LogP) is 0.804. The monoisotopic (exact) mass is 263 g/mol. The number of hydrogen-bond acceptors (Lipinski definition) is 4. The highest BCUT2D eigenvalue weighted by Gasteiger charge is 2.34. The zero-order valence-electron chi connectivity index (χ0n) is 10.2. The third-order valence-corrected chi connectivity index (χ3v) is 4.40. The van der Waals surface area contributed by atoms with E-state index in [9.17, 15) is 8.42 Å². The zero-order chi connectivity index (χ0) is 12.9. The smallest absolute Gasteiger partial charge is 0.214 e. The predicted molar refractivity (Wildman–Crippen MR) is 66.1 cm³/mol. The fourth-order valence-corrected chi connectivity index (χ4v) is 3.28. The molecule has 0 amide bonds. The average molecular weight is 263 g/mol. The van der Waals surface area contributed by atoms with Crippen LogP contribution in [0.15, 0.2) is 12.7 Å². The van der Waals surface area contributed by atoms with Crippen LogP contribution in [-0.4, -0.2) is 39.6 Å². The van der Waals surface area contributed by atoms with E-state index in [1.807, 2.05) is 0 Å². The van der Waals surface area contributed by atoms with Gasteiger partial charge in [-0.15, -0.1) is 6.58 Å². The van der Waals surface area contributed by atoms with Gasteiger partial charge in [0.05, 0.1) is 12.2 Å². The minimum Gasteiger partial charge on any atom is -0.380 e. The van der Waals surface area contributed by atoms with Crippen molar-refractivity contribution < 1.29 is 17.9 Å². The first-order chi connectivity index (χ1) is 7.99. The molecule has 100 valence electrons. The van der Waals surface area contributed by atoms with Crippen molar-refractivity contribution in [1.29, 1.82) is 0 Å². The molecular weight excluding hydrogens is 242 g/mol. The van der Waals surface area contributed by atoms with Crippen LogP contribution in [0.25, 0.3) is 0 Å². The molecule has 1 saturated heterocycles. The Balaban J connectivity index is 2.74. The van der Waals surface area contributed by atoms with Gasteiger partial charge < -0.3 is 9.47 Å². The van der Waals surface area contributed by atoms with Gasteiger partial charge in [0.15, 0.2) is 0 Å². The number of methoxy groups -OCH3 is 1. The second-order valence-electron chi connectivity index (χ2n) is 4.30. The van der Waals surface area contributed by atoms with E-state index in [2.05, 4.69) is 6.58 Å². The van der Waals surface area contributed by atoms with Crippen LogP contribution in [0.2, 0.25) is 0 Å². The average Bonchev–Trinajstić information content (AvgIpc) is 2.74. The molecule has 0 aromatic carbocycles. The fourth-order valence-electron chi connectivity index (χ4n) is 2.15.